The van der Waals surface area contributed by atoms with Crippen molar-refractivity contribution in [3.63, 3.8) is 0 Å². The average molecular weight is 335 g/mol. The van der Waals surface area contributed by atoms with Crippen molar-refractivity contribution in [2.75, 3.05) is 13.1 Å². The van der Waals surface area contributed by atoms with Crippen LogP contribution in [0.3, 0.4) is 0 Å². The Balaban J connectivity index is 3.12. The highest BCUT2D eigenvalue weighted by Gasteiger charge is 2.34. The fourth-order valence-corrected chi connectivity index (χ4v) is 1.78. The van der Waals surface area contributed by atoms with E-state index in [2.05, 4.69) is 9.97 Å². The molecule has 0 N–H and O–H groups in total. The highest BCUT2D eigenvalue weighted by molar-refractivity contribution is 6.33. The van der Waals surface area contributed by atoms with Gasteiger partial charge in [-0.2, -0.15) is 18.4 Å². The van der Waals surface area contributed by atoms with Crippen LogP contribution in [0.25, 0.3) is 0 Å². The van der Waals surface area contributed by atoms with Gasteiger partial charge in [0.25, 0.3) is 5.91 Å². The van der Waals surface area contributed by atoms with E-state index in [9.17, 15) is 18.0 Å². The van der Waals surface area contributed by atoms with Crippen LogP contribution in [-0.4, -0.2) is 40.0 Å². The predicted octanol–water partition coefficient (Wildman–Crippen LogP) is 3.17. The van der Waals surface area contributed by atoms with E-state index >= 15 is 0 Å². The van der Waals surface area contributed by atoms with Crippen LogP contribution in [0.15, 0.2) is 6.20 Å². The van der Waals surface area contributed by atoms with E-state index in [0.29, 0.717) is 10.7 Å². The van der Waals surface area contributed by atoms with E-state index in [0.717, 1.165) is 0 Å². The van der Waals surface area contributed by atoms with Crippen LogP contribution < -0.4 is 0 Å². The second-order valence-corrected chi connectivity index (χ2v) is 5.24. The minimum Gasteiger partial charge on any atom is -0.327 e. The van der Waals surface area contributed by atoms with E-state index in [1.807, 2.05) is 0 Å². The van der Waals surface area contributed by atoms with Gasteiger partial charge in [-0.3, -0.25) is 4.79 Å². The zero-order valence-electron chi connectivity index (χ0n) is 12.0. The molecule has 120 valence electrons. The third-order valence-corrected chi connectivity index (χ3v) is 2.91. The summed E-state index contributed by atoms with van der Waals surface area (Å²) in [6.07, 6.45) is -3.61. The molecule has 5 nitrogen and oxygen atoms in total. The van der Waals surface area contributed by atoms with Gasteiger partial charge in [0, 0.05) is 12.5 Å². The molecule has 22 heavy (non-hydrogen) atoms. The first-order chi connectivity index (χ1) is 10.2. The van der Waals surface area contributed by atoms with E-state index in [1.165, 1.54) is 6.20 Å². The Hall–Kier alpha value is -1.88. The van der Waals surface area contributed by atoms with Crippen LogP contribution in [0, 0.1) is 11.3 Å². The molecule has 0 aliphatic heterocycles. The molecule has 0 aliphatic rings. The lowest BCUT2D eigenvalue weighted by Crippen LogP contribution is -2.40. The summed E-state index contributed by atoms with van der Waals surface area (Å²) in [5.41, 5.74) is -0.289. The highest BCUT2D eigenvalue weighted by Crippen LogP contribution is 2.21. The highest BCUT2D eigenvalue weighted by atomic mass is 35.5. The first-order valence-corrected chi connectivity index (χ1v) is 6.79. The van der Waals surface area contributed by atoms with Gasteiger partial charge < -0.3 is 4.90 Å². The lowest BCUT2D eigenvalue weighted by atomic mass is 10.2. The molecule has 0 saturated carbocycles. The van der Waals surface area contributed by atoms with Gasteiger partial charge in [-0.25, -0.2) is 9.97 Å². The van der Waals surface area contributed by atoms with Gasteiger partial charge in [-0.05, 0) is 0 Å². The molecule has 0 radical (unpaired) electrons. The minimum atomic E-state index is -4.58. The van der Waals surface area contributed by atoms with Crippen molar-refractivity contribution in [1.29, 1.82) is 5.26 Å². The Morgan fingerprint density at radius 1 is 1.50 bits per heavy atom. The quantitative estimate of drug-likeness (QED) is 0.829. The van der Waals surface area contributed by atoms with Crippen LogP contribution >= 0.6 is 11.6 Å². The summed E-state index contributed by atoms with van der Waals surface area (Å²) in [5.74, 6) is -0.777. The number of carbonyl (C=O) groups excluding carboxylic acids is 1. The number of nitrogens with zero attached hydrogens (tertiary/aromatic N) is 4. The van der Waals surface area contributed by atoms with Crippen LogP contribution in [0.2, 0.25) is 5.02 Å². The fraction of sp³-hybridized carbons (Fsp3) is 0.538. The van der Waals surface area contributed by atoms with Crippen LogP contribution in [-0.2, 0) is 0 Å². The molecule has 1 amide bonds. The normalized spacial score (nSPS) is 11.4. The van der Waals surface area contributed by atoms with Crippen LogP contribution in [0.4, 0.5) is 13.2 Å². The summed E-state index contributed by atoms with van der Waals surface area (Å²) >= 11 is 5.83. The number of amides is 1. The SMILES string of the molecule is CC(C)c1ncc(Cl)c(C(=O)N(CCC#N)CC(F)(F)F)n1. The zero-order valence-corrected chi connectivity index (χ0v) is 12.7. The van der Waals surface area contributed by atoms with E-state index < -0.39 is 18.6 Å². The summed E-state index contributed by atoms with van der Waals surface area (Å²) in [7, 11) is 0. The lowest BCUT2D eigenvalue weighted by Gasteiger charge is -2.23. The van der Waals surface area contributed by atoms with E-state index in [4.69, 9.17) is 16.9 Å². The van der Waals surface area contributed by atoms with Crippen molar-refractivity contribution < 1.29 is 18.0 Å². The number of rotatable bonds is 5. The second-order valence-electron chi connectivity index (χ2n) is 4.83. The summed E-state index contributed by atoms with van der Waals surface area (Å²) in [6, 6.07) is 1.71. The van der Waals surface area contributed by atoms with Gasteiger partial charge in [0.05, 0.1) is 23.7 Å². The Kier molecular flexibility index (Phi) is 6.11. The first kappa shape index (κ1) is 18.2. The van der Waals surface area contributed by atoms with Gasteiger partial charge in [0.1, 0.15) is 12.4 Å². The monoisotopic (exact) mass is 334 g/mol. The molecule has 0 atom stereocenters. The molecule has 0 unspecified atom stereocenters. The zero-order chi connectivity index (χ0) is 16.9. The van der Waals surface area contributed by atoms with Gasteiger partial charge in [-0.1, -0.05) is 25.4 Å². The van der Waals surface area contributed by atoms with Crippen molar-refractivity contribution in [2.45, 2.75) is 32.4 Å². The van der Waals surface area contributed by atoms with E-state index in [-0.39, 0.29) is 29.6 Å². The smallest absolute Gasteiger partial charge is 0.327 e. The Morgan fingerprint density at radius 3 is 2.64 bits per heavy atom. The molecular weight excluding hydrogens is 321 g/mol. The number of hydrogen-bond donors (Lipinski definition) is 0. The maximum Gasteiger partial charge on any atom is 0.406 e. The minimum absolute atomic E-state index is 0.112. The standard InChI is InChI=1S/C13H14ClF3N4O/c1-8(2)11-19-6-9(14)10(20-11)12(22)21(5-3-4-18)7-13(15,16)17/h6,8H,3,5,7H2,1-2H3. The Labute approximate surface area is 130 Å². The number of nitriles is 1. The molecule has 1 aromatic rings. The molecule has 0 aliphatic carbocycles. The summed E-state index contributed by atoms with van der Waals surface area (Å²) in [5, 5.41) is 8.39. The molecule has 1 aromatic heterocycles. The number of alkyl halides is 3. The molecule has 1 rings (SSSR count). The average Bonchev–Trinajstić information content (AvgIpc) is 2.41. The van der Waals surface area contributed by atoms with Crippen LogP contribution in [0.5, 0.6) is 0 Å². The molecule has 0 bridgehead atoms. The lowest BCUT2D eigenvalue weighted by molar-refractivity contribution is -0.140. The fourth-order valence-electron chi connectivity index (χ4n) is 1.61. The largest absolute Gasteiger partial charge is 0.406 e. The Morgan fingerprint density at radius 2 is 2.14 bits per heavy atom. The molecule has 0 aromatic carbocycles. The van der Waals surface area contributed by atoms with E-state index in [1.54, 1.807) is 19.9 Å². The Bertz CT molecular complexity index is 584. The van der Waals surface area contributed by atoms with Crippen molar-refractivity contribution in [3.8, 4) is 6.07 Å². The number of halogens is 4. The summed E-state index contributed by atoms with van der Waals surface area (Å²) < 4.78 is 37.7. The van der Waals surface area contributed by atoms with Gasteiger partial charge in [0.15, 0.2) is 5.69 Å². The molecule has 1 heterocycles. The van der Waals surface area contributed by atoms with Gasteiger partial charge >= 0.3 is 6.18 Å². The third kappa shape index (κ3) is 5.15. The number of hydrogen-bond acceptors (Lipinski definition) is 4. The molecule has 0 spiro atoms. The molecule has 9 heteroatoms. The maximum atomic E-state index is 12.6. The van der Waals surface area contributed by atoms with Crippen molar-refractivity contribution >= 4 is 17.5 Å². The predicted molar refractivity (Wildman–Crippen MR) is 73.3 cm³/mol. The molecular formula is C13H14ClF3N4O. The number of carbonyl (C=O) groups is 1. The number of aromatic nitrogens is 2. The van der Waals surface area contributed by atoms with Gasteiger partial charge in [0.2, 0.25) is 0 Å². The maximum absolute atomic E-state index is 12.6. The summed E-state index contributed by atoms with van der Waals surface area (Å²) in [6.45, 7) is 1.73. The van der Waals surface area contributed by atoms with Gasteiger partial charge in [-0.15, -0.1) is 0 Å². The third-order valence-electron chi connectivity index (χ3n) is 2.63. The first-order valence-electron chi connectivity index (χ1n) is 6.41. The molecule has 0 saturated heterocycles. The topological polar surface area (TPSA) is 69.9 Å². The molecule has 0 fully saturated rings. The second kappa shape index (κ2) is 7.40. The van der Waals surface area contributed by atoms with Crippen molar-refractivity contribution in [3.05, 3.63) is 22.7 Å². The summed E-state index contributed by atoms with van der Waals surface area (Å²) in [4.78, 5) is 20.7. The van der Waals surface area contributed by atoms with Crippen molar-refractivity contribution in [1.82, 2.24) is 14.9 Å². The van der Waals surface area contributed by atoms with Crippen LogP contribution in [0.1, 0.15) is 42.5 Å². The van der Waals surface area contributed by atoms with Crippen molar-refractivity contribution in [2.24, 2.45) is 0 Å².